The summed E-state index contributed by atoms with van der Waals surface area (Å²) < 4.78 is 1.50. The van der Waals surface area contributed by atoms with Gasteiger partial charge in [-0.25, -0.2) is 4.98 Å². The topological polar surface area (TPSA) is 55.2 Å². The van der Waals surface area contributed by atoms with Crippen LogP contribution in [0.4, 0.5) is 0 Å². The molecule has 3 aromatic heterocycles. The molecule has 3 unspecified atom stereocenters. The summed E-state index contributed by atoms with van der Waals surface area (Å²) in [5, 5.41) is 4.64. The van der Waals surface area contributed by atoms with Crippen molar-refractivity contribution in [1.29, 1.82) is 0 Å². The summed E-state index contributed by atoms with van der Waals surface area (Å²) in [7, 11) is 0. The Kier molecular flexibility index (Phi) is 5.04. The van der Waals surface area contributed by atoms with E-state index < -0.39 is 0 Å². The number of rotatable bonds is 3. The van der Waals surface area contributed by atoms with E-state index >= 15 is 0 Å². The van der Waals surface area contributed by atoms with E-state index in [0.717, 1.165) is 34.7 Å². The second-order valence-electron chi connectivity index (χ2n) is 8.35. The molecule has 0 aromatic carbocycles. The maximum atomic E-state index is 13.2. The molecule has 0 bridgehead atoms. The number of likely N-dealkylation sites (tertiary alicyclic amines) is 1. The van der Waals surface area contributed by atoms with Crippen LogP contribution in [0.5, 0.6) is 0 Å². The van der Waals surface area contributed by atoms with Crippen LogP contribution in [0.15, 0.2) is 34.0 Å². The Labute approximate surface area is 178 Å². The smallest absolute Gasteiger partial charge is 0.263 e. The first-order valence-electron chi connectivity index (χ1n) is 10.4. The largest absolute Gasteiger partial charge is 0.338 e. The number of fused-ring (bicyclic) bond motifs is 2. The second-order valence-corrected chi connectivity index (χ2v) is 10.2. The van der Waals surface area contributed by atoms with Crippen LogP contribution in [-0.2, 0) is 11.3 Å². The lowest BCUT2D eigenvalue weighted by molar-refractivity contribution is -0.139. The highest BCUT2D eigenvalue weighted by Crippen LogP contribution is 2.39. The van der Waals surface area contributed by atoms with Gasteiger partial charge in [-0.3, -0.25) is 14.2 Å². The minimum atomic E-state index is -0.112. The van der Waals surface area contributed by atoms with Gasteiger partial charge in [0.05, 0.1) is 11.7 Å². The molecule has 2 aliphatic rings. The van der Waals surface area contributed by atoms with E-state index in [9.17, 15) is 9.59 Å². The normalized spacial score (nSPS) is 24.6. The molecule has 2 fully saturated rings. The molecule has 5 nitrogen and oxygen atoms in total. The predicted molar refractivity (Wildman–Crippen MR) is 118 cm³/mol. The molecule has 152 valence electrons. The number of aromatic nitrogens is 2. The van der Waals surface area contributed by atoms with Crippen LogP contribution in [0.2, 0.25) is 0 Å². The molecule has 3 aromatic rings. The average molecular weight is 428 g/mol. The zero-order valence-corrected chi connectivity index (χ0v) is 18.2. The molecular formula is C22H25N3O2S2. The quantitative estimate of drug-likeness (QED) is 0.613. The summed E-state index contributed by atoms with van der Waals surface area (Å²) in [5.41, 5.74) is 0.817. The van der Waals surface area contributed by atoms with Gasteiger partial charge in [-0.05, 0) is 42.5 Å². The van der Waals surface area contributed by atoms with E-state index in [4.69, 9.17) is 0 Å². The van der Waals surface area contributed by atoms with Crippen molar-refractivity contribution in [1.82, 2.24) is 14.5 Å². The highest BCUT2D eigenvalue weighted by atomic mass is 32.1. The third kappa shape index (κ3) is 3.34. The Bertz CT molecular complexity index is 1090. The fourth-order valence-electron chi connectivity index (χ4n) is 5.15. The monoisotopic (exact) mass is 427 g/mol. The van der Waals surface area contributed by atoms with Crippen molar-refractivity contribution < 1.29 is 4.79 Å². The maximum absolute atomic E-state index is 13.2. The molecule has 4 heterocycles. The standard InChI is InChI=1S/C22H25N3O2S2/c1-14-8-9-25(17-6-3-2-5-15(14)17)19(26)11-24-13-23-21-20(22(24)27)16(12-29-21)18-7-4-10-28-18/h4,7,10,12-15,17H,2-3,5-6,8-9,11H2,1H3. The summed E-state index contributed by atoms with van der Waals surface area (Å²) >= 11 is 3.10. The average Bonchev–Trinajstić information content (AvgIpc) is 3.40. The van der Waals surface area contributed by atoms with Crippen molar-refractivity contribution >= 4 is 38.8 Å². The Morgan fingerprint density at radius 3 is 2.93 bits per heavy atom. The van der Waals surface area contributed by atoms with Gasteiger partial charge in [-0.15, -0.1) is 22.7 Å². The maximum Gasteiger partial charge on any atom is 0.263 e. The van der Waals surface area contributed by atoms with E-state index in [2.05, 4.69) is 16.8 Å². The van der Waals surface area contributed by atoms with Crippen molar-refractivity contribution in [2.45, 2.75) is 51.6 Å². The van der Waals surface area contributed by atoms with Crippen LogP contribution in [0.1, 0.15) is 39.0 Å². The van der Waals surface area contributed by atoms with Gasteiger partial charge in [0, 0.05) is 28.4 Å². The van der Waals surface area contributed by atoms with Crippen LogP contribution in [0, 0.1) is 11.8 Å². The Morgan fingerprint density at radius 2 is 2.10 bits per heavy atom. The first kappa shape index (κ1) is 19.0. The van der Waals surface area contributed by atoms with Gasteiger partial charge in [-0.1, -0.05) is 25.8 Å². The van der Waals surface area contributed by atoms with Crippen LogP contribution in [0.25, 0.3) is 20.7 Å². The van der Waals surface area contributed by atoms with Gasteiger partial charge < -0.3 is 4.90 Å². The molecule has 1 amide bonds. The zero-order chi connectivity index (χ0) is 20.0. The Balaban J connectivity index is 1.44. The Morgan fingerprint density at radius 1 is 1.24 bits per heavy atom. The zero-order valence-electron chi connectivity index (χ0n) is 16.5. The number of carbonyl (C=O) groups is 1. The first-order chi connectivity index (χ1) is 14.1. The fraction of sp³-hybridized carbons (Fsp3) is 0.500. The van der Waals surface area contributed by atoms with Crippen LogP contribution in [-0.4, -0.2) is 32.9 Å². The molecule has 7 heteroatoms. The number of amides is 1. The van der Waals surface area contributed by atoms with Gasteiger partial charge in [0.15, 0.2) is 0 Å². The van der Waals surface area contributed by atoms with Crippen LogP contribution in [0.3, 0.4) is 0 Å². The van der Waals surface area contributed by atoms with Gasteiger partial charge in [0.25, 0.3) is 5.56 Å². The van der Waals surface area contributed by atoms with Crippen molar-refractivity contribution in [3.05, 3.63) is 39.6 Å². The summed E-state index contributed by atoms with van der Waals surface area (Å²) in [5.74, 6) is 1.36. The van der Waals surface area contributed by atoms with Crippen molar-refractivity contribution in [2.75, 3.05) is 6.54 Å². The van der Waals surface area contributed by atoms with Gasteiger partial charge in [-0.2, -0.15) is 0 Å². The molecule has 0 N–H and O–H groups in total. The number of thiophene rings is 2. The van der Waals surface area contributed by atoms with Crippen molar-refractivity contribution in [3.8, 4) is 10.4 Å². The first-order valence-corrected chi connectivity index (χ1v) is 12.2. The molecule has 29 heavy (non-hydrogen) atoms. The summed E-state index contributed by atoms with van der Waals surface area (Å²) in [6.07, 6.45) is 7.40. The van der Waals surface area contributed by atoms with E-state index in [1.54, 1.807) is 17.7 Å². The number of hydrogen-bond acceptors (Lipinski definition) is 5. The minimum Gasteiger partial charge on any atom is -0.338 e. The highest BCUT2D eigenvalue weighted by Gasteiger charge is 2.39. The van der Waals surface area contributed by atoms with Crippen LogP contribution < -0.4 is 5.56 Å². The van der Waals surface area contributed by atoms with Gasteiger partial charge >= 0.3 is 0 Å². The number of piperidine rings is 1. The molecule has 0 radical (unpaired) electrons. The predicted octanol–water partition coefficient (Wildman–Crippen LogP) is 4.61. The molecule has 1 aliphatic heterocycles. The van der Waals surface area contributed by atoms with E-state index in [1.807, 2.05) is 22.9 Å². The molecule has 1 aliphatic carbocycles. The molecule has 1 saturated carbocycles. The molecule has 5 rings (SSSR count). The lowest BCUT2D eigenvalue weighted by atomic mass is 9.72. The molecule has 3 atom stereocenters. The van der Waals surface area contributed by atoms with Gasteiger partial charge in [0.1, 0.15) is 11.4 Å². The second kappa shape index (κ2) is 7.69. The van der Waals surface area contributed by atoms with E-state index in [1.165, 1.54) is 35.2 Å². The molecule has 0 spiro atoms. The third-order valence-electron chi connectivity index (χ3n) is 6.71. The highest BCUT2D eigenvalue weighted by molar-refractivity contribution is 7.18. The van der Waals surface area contributed by atoms with Crippen molar-refractivity contribution in [3.63, 3.8) is 0 Å². The lowest BCUT2D eigenvalue weighted by Crippen LogP contribution is -2.53. The van der Waals surface area contributed by atoms with E-state index in [-0.39, 0.29) is 18.0 Å². The number of carbonyl (C=O) groups excluding carboxylic acids is 1. The number of hydrogen-bond donors (Lipinski definition) is 0. The summed E-state index contributed by atoms with van der Waals surface area (Å²) in [6.45, 7) is 3.22. The van der Waals surface area contributed by atoms with E-state index in [0.29, 0.717) is 23.3 Å². The summed E-state index contributed by atoms with van der Waals surface area (Å²) in [4.78, 5) is 34.8. The third-order valence-corrected chi connectivity index (χ3v) is 8.50. The number of nitrogens with zero attached hydrogens (tertiary/aromatic N) is 3. The molecule has 1 saturated heterocycles. The fourth-order valence-corrected chi connectivity index (χ4v) is 6.87. The molecular weight excluding hydrogens is 402 g/mol. The minimum absolute atomic E-state index is 0.0601. The van der Waals surface area contributed by atoms with Crippen LogP contribution >= 0.6 is 22.7 Å². The summed E-state index contributed by atoms with van der Waals surface area (Å²) in [6, 6.07) is 4.35. The lowest BCUT2D eigenvalue weighted by Gasteiger charge is -2.47. The Hall–Kier alpha value is -1.99. The SMILES string of the molecule is CC1CCN(C(=O)Cn2cnc3scc(-c4cccs4)c3c2=O)C2CCCCC12. The van der Waals surface area contributed by atoms with Gasteiger partial charge in [0.2, 0.25) is 5.91 Å². The van der Waals surface area contributed by atoms with Crippen molar-refractivity contribution in [2.24, 2.45) is 11.8 Å².